The lowest BCUT2D eigenvalue weighted by Crippen LogP contribution is -2.19. The summed E-state index contributed by atoms with van der Waals surface area (Å²) < 4.78 is 0. The zero-order valence-electron chi connectivity index (χ0n) is 10.3. The van der Waals surface area contributed by atoms with Crippen molar-refractivity contribution in [1.29, 1.82) is 0 Å². The Balaban J connectivity index is 2.04. The second-order valence-corrected chi connectivity index (χ2v) is 4.72. The fourth-order valence-electron chi connectivity index (χ4n) is 1.78. The molecular weight excluding hydrogens is 260 g/mol. The van der Waals surface area contributed by atoms with Gasteiger partial charge in [0, 0.05) is 17.5 Å². The highest BCUT2D eigenvalue weighted by Crippen LogP contribution is 2.15. The molecule has 2 aromatic carbocycles. The molecule has 0 amide bonds. The average molecular weight is 273 g/mol. The molecule has 0 aliphatic heterocycles. The van der Waals surface area contributed by atoms with Crippen LogP contribution >= 0.6 is 11.6 Å². The molecule has 2 rings (SSSR count). The third-order valence-corrected chi connectivity index (χ3v) is 3.16. The largest absolute Gasteiger partial charge is 0.294 e. The Kier molecular flexibility index (Phi) is 4.48. The van der Waals surface area contributed by atoms with E-state index in [1.807, 2.05) is 12.1 Å². The van der Waals surface area contributed by atoms with Crippen LogP contribution in [-0.4, -0.2) is 16.9 Å². The van der Waals surface area contributed by atoms with Crippen LogP contribution in [0.1, 0.15) is 27.1 Å². The summed E-state index contributed by atoms with van der Waals surface area (Å²) in [6, 6.07) is 17.6. The summed E-state index contributed by atoms with van der Waals surface area (Å²) in [4.78, 5) is 24.0. The van der Waals surface area contributed by atoms with Gasteiger partial charge in [-0.1, -0.05) is 60.7 Å². The van der Waals surface area contributed by atoms with Crippen LogP contribution in [0.4, 0.5) is 0 Å². The van der Waals surface area contributed by atoms with Crippen LogP contribution in [0.5, 0.6) is 0 Å². The van der Waals surface area contributed by atoms with Crippen LogP contribution < -0.4 is 0 Å². The van der Waals surface area contributed by atoms with Gasteiger partial charge in [0.15, 0.2) is 11.6 Å². The van der Waals surface area contributed by atoms with Crippen molar-refractivity contribution in [3.8, 4) is 0 Å². The van der Waals surface area contributed by atoms with E-state index in [-0.39, 0.29) is 18.0 Å². The van der Waals surface area contributed by atoms with Gasteiger partial charge in [-0.25, -0.2) is 0 Å². The zero-order chi connectivity index (χ0) is 13.7. The van der Waals surface area contributed by atoms with Gasteiger partial charge in [-0.2, -0.15) is 0 Å². The van der Waals surface area contributed by atoms with Crippen molar-refractivity contribution < 1.29 is 9.59 Å². The van der Waals surface area contributed by atoms with E-state index in [9.17, 15) is 9.59 Å². The second-order valence-electron chi connectivity index (χ2n) is 4.19. The lowest BCUT2D eigenvalue weighted by Gasteiger charge is -2.08. The first kappa shape index (κ1) is 13.5. The monoisotopic (exact) mass is 272 g/mol. The molecule has 0 bridgehead atoms. The number of carbonyl (C=O) groups is 2. The maximum atomic E-state index is 12.0. The van der Waals surface area contributed by atoms with Crippen LogP contribution in [0.15, 0.2) is 60.7 Å². The lowest BCUT2D eigenvalue weighted by molar-refractivity contribution is 0.0921. The molecule has 0 radical (unpaired) electrons. The van der Waals surface area contributed by atoms with E-state index in [4.69, 9.17) is 11.6 Å². The highest BCUT2D eigenvalue weighted by atomic mass is 35.5. The van der Waals surface area contributed by atoms with Crippen molar-refractivity contribution in [3.63, 3.8) is 0 Å². The van der Waals surface area contributed by atoms with Gasteiger partial charge in [-0.3, -0.25) is 9.59 Å². The van der Waals surface area contributed by atoms with Crippen LogP contribution in [0.3, 0.4) is 0 Å². The number of hydrogen-bond acceptors (Lipinski definition) is 2. The van der Waals surface area contributed by atoms with Gasteiger partial charge >= 0.3 is 0 Å². The van der Waals surface area contributed by atoms with E-state index in [2.05, 4.69) is 0 Å². The molecule has 2 aromatic rings. The zero-order valence-corrected chi connectivity index (χ0v) is 11.0. The Hall–Kier alpha value is -1.93. The Morgan fingerprint density at radius 3 is 1.84 bits per heavy atom. The lowest BCUT2D eigenvalue weighted by atomic mass is 10.0. The Bertz CT molecular complexity index is 564. The van der Waals surface area contributed by atoms with E-state index in [1.54, 1.807) is 48.5 Å². The minimum absolute atomic E-state index is 0.0132. The minimum Gasteiger partial charge on any atom is -0.294 e. The maximum Gasteiger partial charge on any atom is 0.181 e. The van der Waals surface area contributed by atoms with Crippen molar-refractivity contribution >= 4 is 23.2 Å². The predicted molar refractivity (Wildman–Crippen MR) is 75.8 cm³/mol. The van der Waals surface area contributed by atoms with E-state index in [0.29, 0.717) is 11.1 Å². The van der Waals surface area contributed by atoms with E-state index < -0.39 is 5.38 Å². The normalized spacial score (nSPS) is 11.8. The SMILES string of the molecule is O=C(CC(Cl)C(=O)c1ccccc1)c1ccccc1. The number of carbonyl (C=O) groups excluding carboxylic acids is 2. The second kappa shape index (κ2) is 6.30. The van der Waals surface area contributed by atoms with Gasteiger partial charge in [0.2, 0.25) is 0 Å². The van der Waals surface area contributed by atoms with Crippen LogP contribution in [0, 0.1) is 0 Å². The number of hydrogen-bond donors (Lipinski definition) is 0. The number of halogens is 1. The molecule has 0 heterocycles. The molecule has 0 N–H and O–H groups in total. The van der Waals surface area contributed by atoms with Gasteiger partial charge in [0.05, 0.1) is 0 Å². The Morgan fingerprint density at radius 2 is 1.32 bits per heavy atom. The highest BCUT2D eigenvalue weighted by Gasteiger charge is 2.21. The minimum atomic E-state index is -0.824. The quantitative estimate of drug-likeness (QED) is 0.614. The molecule has 0 spiro atoms. The van der Waals surface area contributed by atoms with Gasteiger partial charge in [-0.15, -0.1) is 11.6 Å². The summed E-state index contributed by atoms with van der Waals surface area (Å²) in [6.07, 6.45) is 0.0132. The number of rotatable bonds is 5. The average Bonchev–Trinajstić information content (AvgIpc) is 2.48. The third kappa shape index (κ3) is 3.52. The molecule has 0 aliphatic carbocycles. The Labute approximate surface area is 117 Å². The standard InChI is InChI=1S/C16H13ClO2/c17-14(16(19)13-9-5-2-6-10-13)11-15(18)12-7-3-1-4-8-12/h1-10,14H,11H2. The topological polar surface area (TPSA) is 34.1 Å². The summed E-state index contributed by atoms with van der Waals surface area (Å²) in [7, 11) is 0. The highest BCUT2D eigenvalue weighted by molar-refractivity contribution is 6.35. The van der Waals surface area contributed by atoms with Gasteiger partial charge < -0.3 is 0 Å². The van der Waals surface area contributed by atoms with Crippen molar-refractivity contribution in [2.24, 2.45) is 0 Å². The molecular formula is C16H13ClO2. The van der Waals surface area contributed by atoms with Crippen LogP contribution in [-0.2, 0) is 0 Å². The summed E-state index contributed by atoms with van der Waals surface area (Å²) in [5, 5.41) is -0.824. The van der Waals surface area contributed by atoms with Crippen LogP contribution in [0.2, 0.25) is 0 Å². The van der Waals surface area contributed by atoms with E-state index in [1.165, 1.54) is 0 Å². The maximum absolute atomic E-state index is 12.0. The molecule has 1 atom stereocenters. The fraction of sp³-hybridized carbons (Fsp3) is 0.125. The first-order valence-corrected chi connectivity index (χ1v) is 6.43. The molecule has 19 heavy (non-hydrogen) atoms. The van der Waals surface area contributed by atoms with Crippen molar-refractivity contribution in [3.05, 3.63) is 71.8 Å². The summed E-state index contributed by atoms with van der Waals surface area (Å²) in [5.74, 6) is -0.337. The van der Waals surface area contributed by atoms with E-state index in [0.717, 1.165) is 0 Å². The molecule has 0 saturated carbocycles. The Morgan fingerprint density at radius 1 is 0.842 bits per heavy atom. The molecule has 0 aliphatic rings. The fourth-order valence-corrected chi connectivity index (χ4v) is 2.05. The van der Waals surface area contributed by atoms with E-state index >= 15 is 0 Å². The molecule has 3 heteroatoms. The molecule has 0 aromatic heterocycles. The number of Topliss-reactive ketones (excluding diaryl/α,β-unsaturated/α-hetero) is 2. The summed E-state index contributed by atoms with van der Waals surface area (Å²) in [6.45, 7) is 0. The van der Waals surface area contributed by atoms with Crippen LogP contribution in [0.25, 0.3) is 0 Å². The smallest absolute Gasteiger partial charge is 0.181 e. The molecule has 96 valence electrons. The predicted octanol–water partition coefficient (Wildman–Crippen LogP) is 3.75. The van der Waals surface area contributed by atoms with Crippen molar-refractivity contribution in [2.45, 2.75) is 11.8 Å². The summed E-state index contributed by atoms with van der Waals surface area (Å²) in [5.41, 5.74) is 1.11. The third-order valence-electron chi connectivity index (χ3n) is 2.80. The van der Waals surface area contributed by atoms with Crippen molar-refractivity contribution in [1.82, 2.24) is 0 Å². The summed E-state index contributed by atoms with van der Waals surface area (Å²) >= 11 is 6.04. The number of alkyl halides is 1. The van der Waals surface area contributed by atoms with Crippen molar-refractivity contribution in [2.75, 3.05) is 0 Å². The first-order chi connectivity index (χ1) is 9.18. The first-order valence-electron chi connectivity index (χ1n) is 6.00. The molecule has 0 fully saturated rings. The van der Waals surface area contributed by atoms with Gasteiger partial charge in [0.1, 0.15) is 5.38 Å². The molecule has 0 saturated heterocycles. The van der Waals surface area contributed by atoms with Gasteiger partial charge in [-0.05, 0) is 0 Å². The molecule has 1 unspecified atom stereocenters. The van der Waals surface area contributed by atoms with Gasteiger partial charge in [0.25, 0.3) is 0 Å². The molecule has 2 nitrogen and oxygen atoms in total. The number of ketones is 2. The number of benzene rings is 2.